The average molecular weight is 337 g/mol. The molecule has 25 heavy (non-hydrogen) atoms. The summed E-state index contributed by atoms with van der Waals surface area (Å²) < 4.78 is 1.73. The Balaban J connectivity index is 1.68. The second-order valence-corrected chi connectivity index (χ2v) is 6.20. The van der Waals surface area contributed by atoms with Crippen molar-refractivity contribution < 1.29 is 4.79 Å². The van der Waals surface area contributed by atoms with Gasteiger partial charge in [0.25, 0.3) is 0 Å². The van der Waals surface area contributed by atoms with Crippen LogP contribution in [0.25, 0.3) is 16.9 Å². The Bertz CT molecular complexity index is 910. The van der Waals surface area contributed by atoms with Crippen LogP contribution in [0.1, 0.15) is 12.5 Å². The number of hydrogen-bond donors (Lipinski definition) is 0. The van der Waals surface area contributed by atoms with Crippen LogP contribution >= 0.6 is 0 Å². The predicted octanol–water partition coefficient (Wildman–Crippen LogP) is 1.19. The van der Waals surface area contributed by atoms with E-state index >= 15 is 0 Å². The SMILES string of the molecule is CC(=O)N1CCN(c2ncnc3c2nnn3-c2ccc(C)cc2)CC1. The van der Waals surface area contributed by atoms with Crippen molar-refractivity contribution in [3.05, 3.63) is 36.2 Å². The Morgan fingerprint density at radius 1 is 1.04 bits per heavy atom. The molecular formula is C17H19N7O. The Morgan fingerprint density at radius 2 is 1.76 bits per heavy atom. The number of anilines is 1. The molecule has 1 aliphatic heterocycles. The lowest BCUT2D eigenvalue weighted by Gasteiger charge is -2.34. The molecule has 0 spiro atoms. The van der Waals surface area contributed by atoms with Crippen molar-refractivity contribution in [2.75, 3.05) is 31.1 Å². The van der Waals surface area contributed by atoms with Crippen molar-refractivity contribution >= 4 is 22.9 Å². The standard InChI is InChI=1S/C17H19N7O/c1-12-3-5-14(6-4-12)24-17-15(20-21-24)16(18-11-19-17)23-9-7-22(8-10-23)13(2)25/h3-6,11H,7-10H2,1-2H3. The monoisotopic (exact) mass is 337 g/mol. The summed E-state index contributed by atoms with van der Waals surface area (Å²) >= 11 is 0. The number of rotatable bonds is 2. The number of carbonyl (C=O) groups excluding carboxylic acids is 1. The molecule has 3 heterocycles. The number of amides is 1. The molecule has 2 aromatic heterocycles. The normalized spacial score (nSPS) is 15.0. The number of fused-ring (bicyclic) bond motifs is 1. The highest BCUT2D eigenvalue weighted by atomic mass is 16.2. The average Bonchev–Trinajstić information content (AvgIpc) is 3.06. The molecule has 1 aromatic carbocycles. The van der Waals surface area contributed by atoms with E-state index in [0.717, 1.165) is 24.6 Å². The Kier molecular flexibility index (Phi) is 3.79. The van der Waals surface area contributed by atoms with Crippen molar-refractivity contribution in [3.63, 3.8) is 0 Å². The first kappa shape index (κ1) is 15.5. The summed E-state index contributed by atoms with van der Waals surface area (Å²) in [4.78, 5) is 24.3. The summed E-state index contributed by atoms with van der Waals surface area (Å²) in [6.07, 6.45) is 1.54. The quantitative estimate of drug-likeness (QED) is 0.699. The van der Waals surface area contributed by atoms with Crippen molar-refractivity contribution in [2.24, 2.45) is 0 Å². The molecule has 0 N–H and O–H groups in total. The molecule has 0 atom stereocenters. The van der Waals surface area contributed by atoms with Crippen molar-refractivity contribution in [3.8, 4) is 5.69 Å². The molecule has 8 nitrogen and oxygen atoms in total. The molecule has 1 fully saturated rings. The summed E-state index contributed by atoms with van der Waals surface area (Å²) in [5.41, 5.74) is 3.47. The second kappa shape index (κ2) is 6.12. The summed E-state index contributed by atoms with van der Waals surface area (Å²) in [6, 6.07) is 8.06. The smallest absolute Gasteiger partial charge is 0.219 e. The number of carbonyl (C=O) groups is 1. The fraction of sp³-hybridized carbons (Fsp3) is 0.353. The van der Waals surface area contributed by atoms with Gasteiger partial charge in [-0.25, -0.2) is 9.97 Å². The van der Waals surface area contributed by atoms with Crippen LogP contribution in [0, 0.1) is 6.92 Å². The first-order valence-corrected chi connectivity index (χ1v) is 8.27. The van der Waals surface area contributed by atoms with E-state index in [0.29, 0.717) is 24.3 Å². The van der Waals surface area contributed by atoms with Gasteiger partial charge in [0.05, 0.1) is 5.69 Å². The maximum Gasteiger partial charge on any atom is 0.219 e. The van der Waals surface area contributed by atoms with E-state index < -0.39 is 0 Å². The number of hydrogen-bond acceptors (Lipinski definition) is 6. The molecule has 4 rings (SSSR count). The summed E-state index contributed by atoms with van der Waals surface area (Å²) in [5, 5.41) is 8.58. The van der Waals surface area contributed by atoms with E-state index in [4.69, 9.17) is 0 Å². The van der Waals surface area contributed by atoms with Gasteiger partial charge in [0.2, 0.25) is 5.91 Å². The molecule has 8 heteroatoms. The predicted molar refractivity (Wildman–Crippen MR) is 93.7 cm³/mol. The van der Waals surface area contributed by atoms with E-state index in [1.54, 1.807) is 17.9 Å². The largest absolute Gasteiger partial charge is 0.351 e. The molecule has 1 saturated heterocycles. The van der Waals surface area contributed by atoms with Crippen LogP contribution in [-0.2, 0) is 4.79 Å². The van der Waals surface area contributed by atoms with Crippen molar-refractivity contribution in [2.45, 2.75) is 13.8 Å². The van der Waals surface area contributed by atoms with Gasteiger partial charge < -0.3 is 9.80 Å². The minimum atomic E-state index is 0.109. The fourth-order valence-electron chi connectivity index (χ4n) is 3.06. The van der Waals surface area contributed by atoms with Gasteiger partial charge in [0.1, 0.15) is 6.33 Å². The highest BCUT2D eigenvalue weighted by molar-refractivity contribution is 5.84. The molecule has 3 aromatic rings. The number of nitrogens with zero attached hydrogens (tertiary/aromatic N) is 7. The van der Waals surface area contributed by atoms with E-state index in [9.17, 15) is 4.79 Å². The maximum atomic E-state index is 11.5. The minimum Gasteiger partial charge on any atom is -0.351 e. The molecule has 1 amide bonds. The molecule has 0 bridgehead atoms. The minimum absolute atomic E-state index is 0.109. The van der Waals surface area contributed by atoms with Gasteiger partial charge >= 0.3 is 0 Å². The Morgan fingerprint density at radius 3 is 2.44 bits per heavy atom. The van der Waals surface area contributed by atoms with E-state index in [2.05, 4.69) is 25.2 Å². The van der Waals surface area contributed by atoms with Crippen molar-refractivity contribution in [1.82, 2.24) is 29.9 Å². The molecule has 0 saturated carbocycles. The lowest BCUT2D eigenvalue weighted by atomic mass is 10.2. The lowest BCUT2D eigenvalue weighted by Crippen LogP contribution is -2.48. The zero-order valence-electron chi connectivity index (χ0n) is 14.3. The van der Waals surface area contributed by atoms with Gasteiger partial charge in [-0.05, 0) is 19.1 Å². The van der Waals surface area contributed by atoms with Gasteiger partial charge in [-0.2, -0.15) is 4.68 Å². The number of aromatic nitrogens is 5. The Labute approximate surface area is 145 Å². The molecule has 0 aliphatic carbocycles. The zero-order valence-corrected chi connectivity index (χ0v) is 14.3. The highest BCUT2D eigenvalue weighted by Crippen LogP contribution is 2.23. The van der Waals surface area contributed by atoms with Crippen LogP contribution in [0.5, 0.6) is 0 Å². The summed E-state index contributed by atoms with van der Waals surface area (Å²) in [6.45, 7) is 6.47. The molecule has 0 radical (unpaired) electrons. The third kappa shape index (κ3) is 2.79. The first-order valence-electron chi connectivity index (χ1n) is 8.27. The third-order valence-electron chi connectivity index (χ3n) is 4.52. The Hall–Kier alpha value is -3.03. The van der Waals surface area contributed by atoms with Gasteiger partial charge in [0.15, 0.2) is 17.0 Å². The fourth-order valence-corrected chi connectivity index (χ4v) is 3.06. The number of aryl methyl sites for hydroxylation is 1. The second-order valence-electron chi connectivity index (χ2n) is 6.20. The lowest BCUT2D eigenvalue weighted by molar-refractivity contribution is -0.129. The zero-order chi connectivity index (χ0) is 17.4. The van der Waals surface area contributed by atoms with E-state index in [-0.39, 0.29) is 5.91 Å². The van der Waals surface area contributed by atoms with Gasteiger partial charge in [-0.1, -0.05) is 22.9 Å². The van der Waals surface area contributed by atoms with Gasteiger partial charge in [0, 0.05) is 33.1 Å². The van der Waals surface area contributed by atoms with E-state index in [1.807, 2.05) is 36.1 Å². The first-order chi connectivity index (χ1) is 12.1. The number of piperazine rings is 1. The molecule has 128 valence electrons. The van der Waals surface area contributed by atoms with Crippen LogP contribution in [-0.4, -0.2) is 61.9 Å². The van der Waals surface area contributed by atoms with E-state index in [1.165, 1.54) is 5.56 Å². The number of benzene rings is 1. The summed E-state index contributed by atoms with van der Waals surface area (Å²) in [5.74, 6) is 0.879. The maximum absolute atomic E-state index is 11.5. The highest BCUT2D eigenvalue weighted by Gasteiger charge is 2.23. The van der Waals surface area contributed by atoms with Crippen LogP contribution in [0.2, 0.25) is 0 Å². The topological polar surface area (TPSA) is 80.0 Å². The third-order valence-corrected chi connectivity index (χ3v) is 4.52. The van der Waals surface area contributed by atoms with Crippen LogP contribution in [0.15, 0.2) is 30.6 Å². The summed E-state index contributed by atoms with van der Waals surface area (Å²) in [7, 11) is 0. The molecule has 0 unspecified atom stereocenters. The van der Waals surface area contributed by atoms with Crippen LogP contribution in [0.3, 0.4) is 0 Å². The molecule has 1 aliphatic rings. The van der Waals surface area contributed by atoms with Gasteiger partial charge in [-0.15, -0.1) is 5.10 Å². The van der Waals surface area contributed by atoms with Crippen LogP contribution < -0.4 is 4.90 Å². The van der Waals surface area contributed by atoms with Crippen LogP contribution in [0.4, 0.5) is 5.82 Å². The van der Waals surface area contributed by atoms with Gasteiger partial charge in [-0.3, -0.25) is 4.79 Å². The molecular weight excluding hydrogens is 318 g/mol. The van der Waals surface area contributed by atoms with Crippen molar-refractivity contribution in [1.29, 1.82) is 0 Å².